The summed E-state index contributed by atoms with van der Waals surface area (Å²) in [5, 5.41) is 0. The summed E-state index contributed by atoms with van der Waals surface area (Å²) < 4.78 is 16.0. The Morgan fingerprint density at radius 3 is 1.85 bits per heavy atom. The van der Waals surface area contributed by atoms with Crippen molar-refractivity contribution in [3.63, 3.8) is 0 Å². The van der Waals surface area contributed by atoms with E-state index >= 15 is 0 Å². The van der Waals surface area contributed by atoms with E-state index in [1.165, 1.54) is 13.8 Å². The summed E-state index contributed by atoms with van der Waals surface area (Å²) in [5.74, 6) is -0.663. The van der Waals surface area contributed by atoms with E-state index in [1.54, 1.807) is 0 Å². The zero-order valence-corrected chi connectivity index (χ0v) is 13.2. The molecule has 0 aromatic carbocycles. The van der Waals surface area contributed by atoms with Crippen molar-refractivity contribution >= 4 is 11.9 Å². The number of esters is 2. The first-order chi connectivity index (χ1) is 9.45. The van der Waals surface area contributed by atoms with Crippen LogP contribution in [0.1, 0.15) is 53.4 Å². The summed E-state index contributed by atoms with van der Waals surface area (Å²) in [6, 6.07) is 0. The summed E-state index contributed by atoms with van der Waals surface area (Å²) in [6.07, 6.45) is 3.73. The summed E-state index contributed by atoms with van der Waals surface area (Å²) in [6.45, 7) is 8.43. The number of hydrogen-bond acceptors (Lipinski definition) is 5. The van der Waals surface area contributed by atoms with Crippen molar-refractivity contribution in [2.75, 3.05) is 26.4 Å². The Bertz CT molecular complexity index is 270. The van der Waals surface area contributed by atoms with Crippen molar-refractivity contribution < 1.29 is 23.8 Å². The first-order valence-electron chi connectivity index (χ1n) is 7.30. The zero-order valence-electron chi connectivity index (χ0n) is 13.2. The zero-order chi connectivity index (χ0) is 15.4. The molecule has 0 rings (SSSR count). The van der Waals surface area contributed by atoms with Gasteiger partial charge in [-0.15, -0.1) is 0 Å². The van der Waals surface area contributed by atoms with Crippen molar-refractivity contribution in [1.82, 2.24) is 0 Å². The summed E-state index contributed by atoms with van der Waals surface area (Å²) >= 11 is 0. The molecule has 0 atom stereocenters. The Morgan fingerprint density at radius 1 is 0.900 bits per heavy atom. The summed E-state index contributed by atoms with van der Waals surface area (Å²) in [5.41, 5.74) is -0.445. The Hall–Kier alpha value is -1.10. The minimum Gasteiger partial charge on any atom is -0.465 e. The molecule has 0 aromatic rings. The van der Waals surface area contributed by atoms with E-state index < -0.39 is 5.41 Å². The second kappa shape index (κ2) is 10.7. The lowest BCUT2D eigenvalue weighted by molar-refractivity contribution is -0.155. The van der Waals surface area contributed by atoms with Crippen LogP contribution in [0.25, 0.3) is 0 Å². The molecule has 0 bridgehead atoms. The first-order valence-corrected chi connectivity index (χ1v) is 7.30. The Kier molecular flexibility index (Phi) is 10.1. The molecule has 118 valence electrons. The van der Waals surface area contributed by atoms with Crippen LogP contribution in [0.5, 0.6) is 0 Å². The predicted molar refractivity (Wildman–Crippen MR) is 76.3 cm³/mol. The third-order valence-electron chi connectivity index (χ3n) is 2.99. The summed E-state index contributed by atoms with van der Waals surface area (Å²) in [4.78, 5) is 22.1. The second-order valence-corrected chi connectivity index (χ2v) is 5.22. The molecule has 0 aliphatic heterocycles. The molecule has 20 heavy (non-hydrogen) atoms. The van der Waals surface area contributed by atoms with E-state index in [0.717, 1.165) is 25.7 Å². The molecular formula is C15H28O5. The van der Waals surface area contributed by atoms with Crippen LogP contribution >= 0.6 is 0 Å². The van der Waals surface area contributed by atoms with Gasteiger partial charge in [-0.25, -0.2) is 0 Å². The van der Waals surface area contributed by atoms with E-state index in [0.29, 0.717) is 13.2 Å². The topological polar surface area (TPSA) is 61.8 Å². The molecule has 0 heterocycles. The molecule has 0 unspecified atom stereocenters. The number of unbranched alkanes of at least 4 members (excludes halogenated alkanes) is 1. The van der Waals surface area contributed by atoms with Crippen LogP contribution in [0.4, 0.5) is 0 Å². The molecule has 0 aliphatic rings. The maximum Gasteiger partial charge on any atom is 0.302 e. The fraction of sp³-hybridized carbons (Fsp3) is 0.867. The lowest BCUT2D eigenvalue weighted by Gasteiger charge is -2.32. The van der Waals surface area contributed by atoms with Crippen LogP contribution in [0.2, 0.25) is 0 Å². The second-order valence-electron chi connectivity index (χ2n) is 5.22. The van der Waals surface area contributed by atoms with E-state index in [2.05, 4.69) is 6.92 Å². The van der Waals surface area contributed by atoms with Gasteiger partial charge in [0.05, 0.1) is 12.0 Å². The van der Waals surface area contributed by atoms with E-state index in [9.17, 15) is 9.59 Å². The third-order valence-corrected chi connectivity index (χ3v) is 2.99. The van der Waals surface area contributed by atoms with Gasteiger partial charge in [-0.3, -0.25) is 9.59 Å². The number of ether oxygens (including phenoxy) is 3. The lowest BCUT2D eigenvalue weighted by atomic mass is 9.86. The van der Waals surface area contributed by atoms with Gasteiger partial charge in [-0.2, -0.15) is 0 Å². The first kappa shape index (κ1) is 18.9. The molecular weight excluding hydrogens is 260 g/mol. The van der Waals surface area contributed by atoms with Crippen LogP contribution in [0, 0.1) is 5.41 Å². The van der Waals surface area contributed by atoms with Crippen molar-refractivity contribution in [3.05, 3.63) is 0 Å². The molecule has 0 fully saturated rings. The van der Waals surface area contributed by atoms with Gasteiger partial charge in [-0.1, -0.05) is 26.7 Å². The maximum atomic E-state index is 11.0. The standard InChI is InChI=1S/C15H28O5/c1-5-7-9-18-10-15(8-6-2,11-19-13(3)16)12-20-14(4)17/h5-12H2,1-4H3. The highest BCUT2D eigenvalue weighted by atomic mass is 16.6. The maximum absolute atomic E-state index is 11.0. The molecule has 0 aliphatic carbocycles. The lowest BCUT2D eigenvalue weighted by Crippen LogP contribution is -2.38. The molecule has 0 amide bonds. The van der Waals surface area contributed by atoms with Gasteiger partial charge in [-0.05, 0) is 12.8 Å². The highest BCUT2D eigenvalue weighted by Crippen LogP contribution is 2.26. The number of rotatable bonds is 11. The van der Waals surface area contributed by atoms with Gasteiger partial charge in [0.25, 0.3) is 0 Å². The average Bonchev–Trinajstić information content (AvgIpc) is 2.39. The Morgan fingerprint density at radius 2 is 1.45 bits per heavy atom. The minimum atomic E-state index is -0.445. The van der Waals surface area contributed by atoms with Gasteiger partial charge >= 0.3 is 11.9 Å². The largest absolute Gasteiger partial charge is 0.465 e. The fourth-order valence-corrected chi connectivity index (χ4v) is 1.92. The Labute approximate surface area is 122 Å². The molecule has 5 heteroatoms. The van der Waals surface area contributed by atoms with Crippen LogP contribution in [-0.2, 0) is 23.8 Å². The molecule has 5 nitrogen and oxygen atoms in total. The SMILES string of the molecule is CCCCOCC(CCC)(COC(C)=O)COC(C)=O. The predicted octanol–water partition coefficient (Wildman–Crippen LogP) is 2.72. The van der Waals surface area contributed by atoms with Gasteiger partial charge in [0.15, 0.2) is 0 Å². The number of carbonyl (C=O) groups is 2. The smallest absolute Gasteiger partial charge is 0.302 e. The van der Waals surface area contributed by atoms with Gasteiger partial charge in [0, 0.05) is 20.5 Å². The molecule has 0 N–H and O–H groups in total. The average molecular weight is 288 g/mol. The van der Waals surface area contributed by atoms with E-state index in [-0.39, 0.29) is 25.2 Å². The minimum absolute atomic E-state index is 0.218. The third kappa shape index (κ3) is 8.91. The van der Waals surface area contributed by atoms with Crippen LogP contribution < -0.4 is 0 Å². The molecule has 0 saturated carbocycles. The van der Waals surface area contributed by atoms with Crippen molar-refractivity contribution in [2.24, 2.45) is 5.41 Å². The molecule has 0 radical (unpaired) electrons. The van der Waals surface area contributed by atoms with Gasteiger partial charge in [0.1, 0.15) is 13.2 Å². The van der Waals surface area contributed by atoms with Crippen LogP contribution in [0.15, 0.2) is 0 Å². The monoisotopic (exact) mass is 288 g/mol. The van der Waals surface area contributed by atoms with Crippen LogP contribution in [0.3, 0.4) is 0 Å². The fourth-order valence-electron chi connectivity index (χ4n) is 1.92. The molecule has 0 saturated heterocycles. The number of hydrogen-bond donors (Lipinski definition) is 0. The molecule has 0 aromatic heterocycles. The quantitative estimate of drug-likeness (QED) is 0.432. The van der Waals surface area contributed by atoms with Gasteiger partial charge in [0.2, 0.25) is 0 Å². The highest BCUT2D eigenvalue weighted by molar-refractivity contribution is 5.66. The van der Waals surface area contributed by atoms with Crippen molar-refractivity contribution in [2.45, 2.75) is 53.4 Å². The van der Waals surface area contributed by atoms with Crippen molar-refractivity contribution in [3.8, 4) is 0 Å². The Balaban J connectivity index is 4.61. The van der Waals surface area contributed by atoms with Gasteiger partial charge < -0.3 is 14.2 Å². The number of carbonyl (C=O) groups excluding carboxylic acids is 2. The molecule has 0 spiro atoms. The van der Waals surface area contributed by atoms with E-state index in [1.807, 2.05) is 6.92 Å². The highest BCUT2D eigenvalue weighted by Gasteiger charge is 2.33. The van der Waals surface area contributed by atoms with Crippen LogP contribution in [-0.4, -0.2) is 38.4 Å². The van der Waals surface area contributed by atoms with E-state index in [4.69, 9.17) is 14.2 Å². The van der Waals surface area contributed by atoms with Crippen molar-refractivity contribution in [1.29, 1.82) is 0 Å². The normalized spacial score (nSPS) is 11.2. The summed E-state index contributed by atoms with van der Waals surface area (Å²) in [7, 11) is 0.